The van der Waals surface area contributed by atoms with Crippen molar-refractivity contribution in [2.45, 2.75) is 32.2 Å². The molecule has 2 aromatic rings. The summed E-state index contributed by atoms with van der Waals surface area (Å²) < 4.78 is 8.17. The molecule has 2 unspecified atom stereocenters. The van der Waals surface area contributed by atoms with Gasteiger partial charge in [-0.15, -0.1) is 24.0 Å². The highest BCUT2D eigenvalue weighted by Gasteiger charge is 2.41. The Morgan fingerprint density at radius 3 is 2.90 bits per heavy atom. The molecule has 8 heteroatoms. The topological polar surface area (TPSA) is 57.9 Å². The van der Waals surface area contributed by atoms with Crippen molar-refractivity contribution in [3.63, 3.8) is 0 Å². The van der Waals surface area contributed by atoms with Gasteiger partial charge in [-0.25, -0.2) is 4.98 Å². The third-order valence-electron chi connectivity index (χ3n) is 5.46. The highest BCUT2D eigenvalue weighted by molar-refractivity contribution is 14.0. The zero-order chi connectivity index (χ0) is 19.2. The standard InChI is InChI=1S/C21H30N6O.HI/c1-2-23-21(24-9-11-25-10-8-22-17-25)27-15-19-20(16-27)28-13-12-26(19)14-18-6-4-3-5-7-18;/h3-8,10,17,19-20H,2,9,11-16H2,1H3,(H,23,24);1H. The summed E-state index contributed by atoms with van der Waals surface area (Å²) in [6.07, 6.45) is 5.86. The maximum absolute atomic E-state index is 6.11. The molecule has 4 rings (SSSR count). The third kappa shape index (κ3) is 5.70. The van der Waals surface area contributed by atoms with Gasteiger partial charge in [-0.1, -0.05) is 30.3 Å². The van der Waals surface area contributed by atoms with Gasteiger partial charge in [0.25, 0.3) is 0 Å². The zero-order valence-electron chi connectivity index (χ0n) is 17.0. The lowest BCUT2D eigenvalue weighted by molar-refractivity contribution is -0.0502. The van der Waals surface area contributed by atoms with Crippen molar-refractivity contribution >= 4 is 29.9 Å². The van der Waals surface area contributed by atoms with Crippen molar-refractivity contribution < 1.29 is 4.74 Å². The molecular formula is C21H31IN6O. The van der Waals surface area contributed by atoms with Crippen molar-refractivity contribution in [2.24, 2.45) is 4.99 Å². The largest absolute Gasteiger partial charge is 0.373 e. The number of ether oxygens (including phenoxy) is 1. The average molecular weight is 510 g/mol. The van der Waals surface area contributed by atoms with Gasteiger partial charge >= 0.3 is 0 Å². The van der Waals surface area contributed by atoms with E-state index in [1.54, 1.807) is 6.20 Å². The minimum atomic E-state index is 0. The number of hydrogen-bond acceptors (Lipinski definition) is 4. The van der Waals surface area contributed by atoms with Crippen LogP contribution in [0.3, 0.4) is 0 Å². The number of rotatable bonds is 6. The number of guanidine groups is 1. The summed E-state index contributed by atoms with van der Waals surface area (Å²) in [5.41, 5.74) is 1.36. The Bertz CT molecular complexity index is 754. The monoisotopic (exact) mass is 510 g/mol. The molecule has 158 valence electrons. The van der Waals surface area contributed by atoms with Gasteiger partial charge in [0, 0.05) is 51.7 Å². The summed E-state index contributed by atoms with van der Waals surface area (Å²) in [7, 11) is 0. The van der Waals surface area contributed by atoms with Crippen LogP contribution in [0.15, 0.2) is 54.0 Å². The van der Waals surface area contributed by atoms with E-state index >= 15 is 0 Å². The molecule has 1 aromatic carbocycles. The van der Waals surface area contributed by atoms with E-state index in [4.69, 9.17) is 9.73 Å². The molecule has 0 aliphatic carbocycles. The van der Waals surface area contributed by atoms with Crippen molar-refractivity contribution in [1.82, 2.24) is 24.7 Å². The van der Waals surface area contributed by atoms with E-state index in [-0.39, 0.29) is 30.1 Å². The number of nitrogens with zero attached hydrogens (tertiary/aromatic N) is 5. The van der Waals surface area contributed by atoms with E-state index in [0.717, 1.165) is 58.4 Å². The number of halogens is 1. The quantitative estimate of drug-likeness (QED) is 0.367. The number of likely N-dealkylation sites (tertiary alicyclic amines) is 1. The third-order valence-corrected chi connectivity index (χ3v) is 5.46. The van der Waals surface area contributed by atoms with E-state index < -0.39 is 0 Å². The molecule has 3 heterocycles. The van der Waals surface area contributed by atoms with Gasteiger partial charge in [0.1, 0.15) is 0 Å². The Hall–Kier alpha value is -1.65. The Labute approximate surface area is 190 Å². The van der Waals surface area contributed by atoms with Gasteiger partial charge in [-0.05, 0) is 12.5 Å². The van der Waals surface area contributed by atoms with Crippen molar-refractivity contribution in [1.29, 1.82) is 0 Å². The molecule has 7 nitrogen and oxygen atoms in total. The number of fused-ring (bicyclic) bond motifs is 1. The fraction of sp³-hybridized carbons (Fsp3) is 0.524. The summed E-state index contributed by atoms with van der Waals surface area (Å²) in [5, 5.41) is 3.46. The first-order valence-corrected chi connectivity index (χ1v) is 10.2. The van der Waals surface area contributed by atoms with E-state index in [1.165, 1.54) is 5.56 Å². The van der Waals surface area contributed by atoms with E-state index in [2.05, 4.69) is 61.9 Å². The Balaban J connectivity index is 0.00000240. The maximum Gasteiger partial charge on any atom is 0.194 e. The minimum absolute atomic E-state index is 0. The molecule has 1 N–H and O–H groups in total. The lowest BCUT2D eigenvalue weighted by Crippen LogP contribution is -2.50. The molecule has 0 radical (unpaired) electrons. The minimum Gasteiger partial charge on any atom is -0.373 e. The SMILES string of the molecule is CCNC(=NCCn1ccnc1)N1CC2OCCN(Cc3ccccc3)C2C1.I. The Kier molecular flexibility index (Phi) is 8.31. The molecule has 2 fully saturated rings. The van der Waals surface area contributed by atoms with Crippen molar-refractivity contribution in [3.05, 3.63) is 54.6 Å². The zero-order valence-corrected chi connectivity index (χ0v) is 19.3. The van der Waals surface area contributed by atoms with Crippen LogP contribution in [0.1, 0.15) is 12.5 Å². The first-order chi connectivity index (χ1) is 13.8. The Morgan fingerprint density at radius 1 is 1.28 bits per heavy atom. The molecule has 2 aliphatic heterocycles. The van der Waals surface area contributed by atoms with Crippen molar-refractivity contribution in [3.8, 4) is 0 Å². The number of aromatic nitrogens is 2. The number of benzene rings is 1. The highest BCUT2D eigenvalue weighted by atomic mass is 127. The van der Waals surface area contributed by atoms with Crippen LogP contribution < -0.4 is 5.32 Å². The van der Waals surface area contributed by atoms with E-state index in [0.29, 0.717) is 6.04 Å². The predicted molar refractivity (Wildman–Crippen MR) is 126 cm³/mol. The van der Waals surface area contributed by atoms with Crippen LogP contribution in [-0.4, -0.2) is 76.8 Å². The summed E-state index contributed by atoms with van der Waals surface area (Å²) >= 11 is 0. The Morgan fingerprint density at radius 2 is 2.14 bits per heavy atom. The van der Waals surface area contributed by atoms with Crippen LogP contribution in [0.2, 0.25) is 0 Å². The lowest BCUT2D eigenvalue weighted by atomic mass is 10.1. The number of hydrogen-bond donors (Lipinski definition) is 1. The molecule has 0 spiro atoms. The first kappa shape index (κ1) is 22.0. The van der Waals surface area contributed by atoms with Crippen LogP contribution in [0.4, 0.5) is 0 Å². The summed E-state index contributed by atoms with van der Waals surface area (Å²) in [6, 6.07) is 11.1. The molecule has 2 atom stereocenters. The predicted octanol–water partition coefficient (Wildman–Crippen LogP) is 2.05. The maximum atomic E-state index is 6.11. The highest BCUT2D eigenvalue weighted by Crippen LogP contribution is 2.24. The molecular weight excluding hydrogens is 479 g/mol. The molecule has 2 aliphatic rings. The molecule has 0 saturated carbocycles. The number of imidazole rings is 1. The van der Waals surface area contributed by atoms with Crippen LogP contribution in [0.5, 0.6) is 0 Å². The second-order valence-electron chi connectivity index (χ2n) is 7.37. The smallest absolute Gasteiger partial charge is 0.194 e. The molecule has 29 heavy (non-hydrogen) atoms. The molecule has 2 saturated heterocycles. The van der Waals surface area contributed by atoms with Gasteiger partial charge < -0.3 is 19.5 Å². The molecule has 0 amide bonds. The van der Waals surface area contributed by atoms with E-state index in [9.17, 15) is 0 Å². The average Bonchev–Trinajstić information content (AvgIpc) is 3.38. The van der Waals surface area contributed by atoms with Gasteiger partial charge in [0.05, 0.1) is 31.6 Å². The summed E-state index contributed by atoms with van der Waals surface area (Å²) in [5.74, 6) is 0.986. The van der Waals surface area contributed by atoms with Crippen LogP contribution in [0, 0.1) is 0 Å². The fourth-order valence-corrected chi connectivity index (χ4v) is 4.06. The second kappa shape index (κ2) is 10.9. The fourth-order valence-electron chi connectivity index (χ4n) is 4.06. The van der Waals surface area contributed by atoms with Gasteiger partial charge in [0.15, 0.2) is 5.96 Å². The van der Waals surface area contributed by atoms with Gasteiger partial charge in [-0.3, -0.25) is 9.89 Å². The number of nitrogens with one attached hydrogen (secondary N) is 1. The summed E-state index contributed by atoms with van der Waals surface area (Å²) in [6.45, 7) is 9.17. The van der Waals surface area contributed by atoms with Gasteiger partial charge in [0.2, 0.25) is 0 Å². The van der Waals surface area contributed by atoms with Gasteiger partial charge in [-0.2, -0.15) is 0 Å². The first-order valence-electron chi connectivity index (χ1n) is 10.2. The second-order valence-corrected chi connectivity index (χ2v) is 7.37. The molecule has 1 aromatic heterocycles. The van der Waals surface area contributed by atoms with Crippen LogP contribution in [-0.2, 0) is 17.8 Å². The van der Waals surface area contributed by atoms with E-state index in [1.807, 2.05) is 12.5 Å². The number of morpholine rings is 1. The van der Waals surface area contributed by atoms with Crippen molar-refractivity contribution in [2.75, 3.05) is 39.3 Å². The normalized spacial score (nSPS) is 22.2. The van der Waals surface area contributed by atoms with Crippen LogP contribution in [0.25, 0.3) is 0 Å². The van der Waals surface area contributed by atoms with Crippen LogP contribution >= 0.6 is 24.0 Å². The molecule has 0 bridgehead atoms. The summed E-state index contributed by atoms with van der Waals surface area (Å²) in [4.78, 5) is 13.9. The number of aliphatic imine (C=N–C) groups is 1. The lowest BCUT2D eigenvalue weighted by Gasteiger charge is -2.36.